The first kappa shape index (κ1) is 16.7. The molecule has 0 aromatic heterocycles. The normalized spacial score (nSPS) is 16.2. The van der Waals surface area contributed by atoms with Gasteiger partial charge in [-0.25, -0.2) is 8.42 Å². The summed E-state index contributed by atoms with van der Waals surface area (Å²) in [5.74, 6) is 0. The molecule has 2 rings (SSSR count). The summed E-state index contributed by atoms with van der Waals surface area (Å²) >= 11 is 7.56. The largest absolute Gasteiger partial charge is 0.385 e. The van der Waals surface area contributed by atoms with Gasteiger partial charge >= 0.3 is 0 Å². The maximum absolute atomic E-state index is 11.7. The Morgan fingerprint density at radius 2 is 1.52 bits per heavy atom. The van der Waals surface area contributed by atoms with Crippen LogP contribution in [-0.4, -0.2) is 22.0 Å². The first-order valence-corrected chi connectivity index (χ1v) is 9.49. The van der Waals surface area contributed by atoms with Gasteiger partial charge < -0.3 is 5.11 Å². The SMILES string of the molecule is CS(=O)(=O)[C@](Cl)(I)[C@H](O)c1ccc(-c2ccccc2)cc1. The molecule has 0 aliphatic heterocycles. The van der Waals surface area contributed by atoms with Gasteiger partial charge in [-0.1, -0.05) is 66.2 Å². The Kier molecular flexibility index (Phi) is 4.97. The minimum absolute atomic E-state index is 0.463. The van der Waals surface area contributed by atoms with Gasteiger partial charge in [0.25, 0.3) is 0 Å². The highest BCUT2D eigenvalue weighted by atomic mass is 127. The van der Waals surface area contributed by atoms with E-state index in [-0.39, 0.29) is 0 Å². The van der Waals surface area contributed by atoms with Crippen LogP contribution in [-0.2, 0) is 9.84 Å². The zero-order chi connectivity index (χ0) is 15.7. The molecular weight excluding hydrogens is 423 g/mol. The molecule has 2 aromatic carbocycles. The van der Waals surface area contributed by atoms with E-state index in [9.17, 15) is 13.5 Å². The number of rotatable bonds is 4. The lowest BCUT2D eigenvalue weighted by Crippen LogP contribution is -2.31. The Bertz CT molecular complexity index is 712. The molecule has 1 N–H and O–H groups in total. The van der Waals surface area contributed by atoms with Crippen molar-refractivity contribution in [3.63, 3.8) is 0 Å². The van der Waals surface area contributed by atoms with E-state index in [0.717, 1.165) is 17.4 Å². The Balaban J connectivity index is 2.32. The van der Waals surface area contributed by atoms with Crippen molar-refractivity contribution >= 4 is 44.0 Å². The van der Waals surface area contributed by atoms with Gasteiger partial charge in [0, 0.05) is 6.26 Å². The molecule has 2 atom stereocenters. The lowest BCUT2D eigenvalue weighted by molar-refractivity contribution is 0.188. The highest BCUT2D eigenvalue weighted by molar-refractivity contribution is 14.1. The molecule has 6 heteroatoms. The van der Waals surface area contributed by atoms with Gasteiger partial charge in [-0.15, -0.1) is 0 Å². The Labute approximate surface area is 143 Å². The molecule has 0 fully saturated rings. The summed E-state index contributed by atoms with van der Waals surface area (Å²) < 4.78 is 21.5. The van der Waals surface area contributed by atoms with Crippen LogP contribution >= 0.6 is 34.2 Å². The molecule has 0 heterocycles. The molecule has 0 unspecified atom stereocenters. The molecule has 3 nitrogen and oxygen atoms in total. The van der Waals surface area contributed by atoms with Crippen LogP contribution in [0.1, 0.15) is 11.7 Å². The van der Waals surface area contributed by atoms with Crippen molar-refractivity contribution in [1.82, 2.24) is 0 Å². The second kappa shape index (κ2) is 6.24. The van der Waals surface area contributed by atoms with Crippen LogP contribution < -0.4 is 0 Å². The van der Waals surface area contributed by atoms with Crippen molar-refractivity contribution in [2.75, 3.05) is 6.26 Å². The van der Waals surface area contributed by atoms with E-state index in [2.05, 4.69) is 0 Å². The van der Waals surface area contributed by atoms with Gasteiger partial charge in [0.15, 0.2) is 9.84 Å². The molecule has 0 radical (unpaired) electrons. The van der Waals surface area contributed by atoms with Crippen molar-refractivity contribution in [1.29, 1.82) is 0 Å². The second-order valence-corrected chi connectivity index (χ2v) is 10.8. The number of benzene rings is 2. The second-order valence-electron chi connectivity index (χ2n) is 4.72. The smallest absolute Gasteiger partial charge is 0.224 e. The van der Waals surface area contributed by atoms with Crippen molar-refractivity contribution < 1.29 is 13.5 Å². The number of hydrogen-bond donors (Lipinski definition) is 1. The number of hydrogen-bond acceptors (Lipinski definition) is 3. The molecule has 0 spiro atoms. The third-order valence-electron chi connectivity index (χ3n) is 3.15. The molecule has 0 saturated heterocycles. The summed E-state index contributed by atoms with van der Waals surface area (Å²) in [6.45, 7) is 0. The predicted octanol–water partition coefficient (Wildman–Crippen LogP) is 3.76. The van der Waals surface area contributed by atoms with E-state index in [4.69, 9.17) is 11.6 Å². The van der Waals surface area contributed by atoms with Crippen LogP contribution in [0.25, 0.3) is 11.1 Å². The number of aliphatic hydroxyl groups excluding tert-OH is 1. The van der Waals surface area contributed by atoms with Crippen LogP contribution in [0.2, 0.25) is 0 Å². The highest BCUT2D eigenvalue weighted by Crippen LogP contribution is 2.42. The van der Waals surface area contributed by atoms with Crippen LogP contribution in [0, 0.1) is 0 Å². The first-order valence-electron chi connectivity index (χ1n) is 6.14. The molecule has 2 aromatic rings. The maximum Gasteiger partial charge on any atom is 0.224 e. The van der Waals surface area contributed by atoms with E-state index in [1.165, 1.54) is 0 Å². The lowest BCUT2D eigenvalue weighted by atomic mass is 10.0. The molecule has 0 aliphatic carbocycles. The average Bonchev–Trinajstić information content (AvgIpc) is 2.46. The summed E-state index contributed by atoms with van der Waals surface area (Å²) in [7, 11) is -3.61. The number of aliphatic hydroxyl groups is 1. The minimum Gasteiger partial charge on any atom is -0.385 e. The van der Waals surface area contributed by atoms with Crippen molar-refractivity contribution in [2.24, 2.45) is 0 Å². The van der Waals surface area contributed by atoms with Crippen LogP contribution in [0.3, 0.4) is 0 Å². The minimum atomic E-state index is -3.61. The van der Waals surface area contributed by atoms with Gasteiger partial charge in [0.2, 0.25) is 2.21 Å². The summed E-state index contributed by atoms with van der Waals surface area (Å²) in [5.41, 5.74) is 2.50. The predicted molar refractivity (Wildman–Crippen MR) is 94.3 cm³/mol. The summed E-state index contributed by atoms with van der Waals surface area (Å²) in [6.07, 6.45) is -0.298. The van der Waals surface area contributed by atoms with Crippen molar-refractivity contribution in [3.8, 4) is 11.1 Å². The first-order chi connectivity index (χ1) is 9.73. The third-order valence-corrected chi connectivity index (χ3v) is 8.40. The third kappa shape index (κ3) is 3.59. The van der Waals surface area contributed by atoms with E-state index in [1.807, 2.05) is 42.5 Å². The van der Waals surface area contributed by atoms with Crippen LogP contribution in [0.4, 0.5) is 0 Å². The standard InChI is InChI=1S/C15H14ClIO3S/c1-21(19,20)15(16,17)14(18)13-9-7-12(8-10-13)11-5-3-2-4-6-11/h2-10,14,18H,1H3/t14-,15-/m1/s1. The summed E-state index contributed by atoms with van der Waals surface area (Å²) in [4.78, 5) is 0. The molecule has 21 heavy (non-hydrogen) atoms. The van der Waals surface area contributed by atoms with E-state index in [1.54, 1.807) is 34.7 Å². The fourth-order valence-corrected chi connectivity index (χ4v) is 2.91. The number of alkyl halides is 2. The molecule has 0 saturated carbocycles. The number of sulfone groups is 1. The van der Waals surface area contributed by atoms with E-state index >= 15 is 0 Å². The maximum atomic E-state index is 11.7. The summed E-state index contributed by atoms with van der Waals surface area (Å²) in [5, 5.41) is 10.2. The van der Waals surface area contributed by atoms with Gasteiger partial charge in [-0.3, -0.25) is 0 Å². The van der Waals surface area contributed by atoms with Crippen molar-refractivity contribution in [3.05, 3.63) is 60.2 Å². The highest BCUT2D eigenvalue weighted by Gasteiger charge is 2.44. The zero-order valence-electron chi connectivity index (χ0n) is 11.2. The molecule has 0 bridgehead atoms. The van der Waals surface area contributed by atoms with Gasteiger partial charge in [0.1, 0.15) is 6.10 Å². The Hall–Kier alpha value is -0.630. The zero-order valence-corrected chi connectivity index (χ0v) is 14.9. The summed E-state index contributed by atoms with van der Waals surface area (Å²) in [6, 6.07) is 16.8. The van der Waals surface area contributed by atoms with E-state index in [0.29, 0.717) is 5.56 Å². The fraction of sp³-hybridized carbons (Fsp3) is 0.200. The average molecular weight is 437 g/mol. The lowest BCUT2D eigenvalue weighted by Gasteiger charge is -2.24. The van der Waals surface area contributed by atoms with E-state index < -0.39 is 18.2 Å². The van der Waals surface area contributed by atoms with Gasteiger partial charge in [-0.05, 0) is 39.3 Å². The molecular formula is C15H14ClIO3S. The van der Waals surface area contributed by atoms with Crippen LogP contribution in [0.15, 0.2) is 54.6 Å². The molecule has 0 amide bonds. The topological polar surface area (TPSA) is 54.4 Å². The van der Waals surface area contributed by atoms with Crippen molar-refractivity contribution in [2.45, 2.75) is 8.32 Å². The molecule has 112 valence electrons. The molecule has 0 aliphatic rings. The van der Waals surface area contributed by atoms with Crippen LogP contribution in [0.5, 0.6) is 0 Å². The van der Waals surface area contributed by atoms with Gasteiger partial charge in [0.05, 0.1) is 0 Å². The number of halogens is 2. The Morgan fingerprint density at radius 1 is 1.05 bits per heavy atom. The van der Waals surface area contributed by atoms with Gasteiger partial charge in [-0.2, -0.15) is 0 Å². The quantitative estimate of drug-likeness (QED) is 0.586. The Morgan fingerprint density at radius 3 is 2.00 bits per heavy atom. The fourth-order valence-electron chi connectivity index (χ4n) is 1.89. The monoisotopic (exact) mass is 436 g/mol.